The number of rotatable bonds is 10. The summed E-state index contributed by atoms with van der Waals surface area (Å²) in [4.78, 5) is 28.2. The predicted molar refractivity (Wildman–Crippen MR) is 161 cm³/mol. The number of morpholine rings is 1. The first-order chi connectivity index (χ1) is 18.3. The van der Waals surface area contributed by atoms with E-state index in [9.17, 15) is 9.59 Å². The zero-order valence-electron chi connectivity index (χ0n) is 23.9. The van der Waals surface area contributed by atoms with Crippen molar-refractivity contribution < 1.29 is 23.8 Å². The molecule has 2 aromatic carbocycles. The van der Waals surface area contributed by atoms with Gasteiger partial charge in [0.05, 0.1) is 38.2 Å². The number of hydrogen-bond donors (Lipinski definition) is 0. The quantitative estimate of drug-likeness (QED) is 0.271. The zero-order valence-corrected chi connectivity index (χ0v) is 26.2. The van der Waals surface area contributed by atoms with E-state index in [4.69, 9.17) is 37.4 Å². The summed E-state index contributed by atoms with van der Waals surface area (Å²) < 4.78 is 17.8. The summed E-state index contributed by atoms with van der Waals surface area (Å²) in [6, 6.07) is 14.1. The van der Waals surface area contributed by atoms with Gasteiger partial charge < -0.3 is 19.1 Å². The lowest BCUT2D eigenvalue weighted by Gasteiger charge is -2.48. The number of nitrogens with zero attached hydrogens (tertiary/aromatic N) is 1. The van der Waals surface area contributed by atoms with Crippen molar-refractivity contribution in [3.8, 4) is 0 Å². The lowest BCUT2D eigenvalue weighted by molar-refractivity contribution is -0.185. The van der Waals surface area contributed by atoms with Crippen LogP contribution in [0.1, 0.15) is 63.8 Å². The molecule has 39 heavy (non-hydrogen) atoms. The van der Waals surface area contributed by atoms with Crippen molar-refractivity contribution in [3.05, 3.63) is 69.7 Å². The first kappa shape index (κ1) is 31.8. The third-order valence-electron chi connectivity index (χ3n) is 7.61. The van der Waals surface area contributed by atoms with E-state index in [0.29, 0.717) is 29.0 Å². The molecule has 1 fully saturated rings. The average molecular weight is 599 g/mol. The average Bonchev–Trinajstić information content (AvgIpc) is 2.87. The number of benzene rings is 2. The van der Waals surface area contributed by atoms with Crippen molar-refractivity contribution in [3.63, 3.8) is 0 Å². The number of ether oxygens (including phenoxy) is 3. The number of methoxy groups -OCH3 is 1. The predicted octanol–water partition coefficient (Wildman–Crippen LogP) is 7.18. The molecule has 0 bridgehead atoms. The topological polar surface area (TPSA) is 65.1 Å². The number of carbonyl (C=O) groups is 2. The fourth-order valence-corrected chi connectivity index (χ4v) is 5.63. The number of amides is 1. The fraction of sp³-hybridized carbons (Fsp3) is 0.533. The van der Waals surface area contributed by atoms with Crippen molar-refractivity contribution in [2.24, 2.45) is 0 Å². The van der Waals surface area contributed by atoms with Gasteiger partial charge in [0.1, 0.15) is 12.2 Å². The number of esters is 1. The van der Waals surface area contributed by atoms with E-state index in [1.807, 2.05) is 54.3 Å². The Morgan fingerprint density at radius 1 is 1.08 bits per heavy atom. The second kappa shape index (κ2) is 13.3. The zero-order chi connectivity index (χ0) is 29.0. The van der Waals surface area contributed by atoms with E-state index in [2.05, 4.69) is 33.3 Å². The molecule has 0 aliphatic carbocycles. The van der Waals surface area contributed by atoms with Gasteiger partial charge in [-0.3, -0.25) is 9.59 Å². The summed E-state index contributed by atoms with van der Waals surface area (Å²) >= 11 is 12.6. The molecule has 0 spiro atoms. The van der Waals surface area contributed by atoms with Crippen LogP contribution in [0, 0.1) is 0 Å². The molecule has 4 atom stereocenters. The highest BCUT2D eigenvalue weighted by Crippen LogP contribution is 2.52. The normalized spacial score (nSPS) is 21.5. The third-order valence-corrected chi connectivity index (χ3v) is 12.2. The van der Waals surface area contributed by atoms with E-state index in [1.54, 1.807) is 6.07 Å². The SMILES string of the molecule is CCC(COCS(C)(C)C(C)(C)C)N1C(=O)C(CC(=O)OC)OC(c2cccc(Cl)c2)[C@H]1c1ccc(Cl)cc1. The van der Waals surface area contributed by atoms with Crippen LogP contribution >= 0.6 is 33.2 Å². The maximum atomic E-state index is 14.1. The summed E-state index contributed by atoms with van der Waals surface area (Å²) in [5, 5.41) is 1.15. The molecule has 1 aliphatic rings. The highest BCUT2D eigenvalue weighted by Gasteiger charge is 2.47. The van der Waals surface area contributed by atoms with E-state index in [1.165, 1.54) is 7.11 Å². The largest absolute Gasteiger partial charge is 0.469 e. The molecular weight excluding hydrogens is 557 g/mol. The molecule has 1 amide bonds. The molecule has 0 saturated carbocycles. The lowest BCUT2D eigenvalue weighted by atomic mass is 9.89. The summed E-state index contributed by atoms with van der Waals surface area (Å²) in [6.45, 7) is 9.11. The van der Waals surface area contributed by atoms with Gasteiger partial charge in [-0.25, -0.2) is 10.0 Å². The molecule has 9 heteroatoms. The van der Waals surface area contributed by atoms with Gasteiger partial charge in [0.15, 0.2) is 0 Å². The molecule has 3 unspecified atom stereocenters. The van der Waals surface area contributed by atoms with Crippen LogP contribution in [0.2, 0.25) is 10.0 Å². The molecule has 1 aliphatic heterocycles. The Balaban J connectivity index is 2.06. The minimum absolute atomic E-state index is 0.124. The van der Waals surface area contributed by atoms with Crippen molar-refractivity contribution in [1.29, 1.82) is 0 Å². The summed E-state index contributed by atoms with van der Waals surface area (Å²) in [5.74, 6) is -0.153. The van der Waals surface area contributed by atoms with Crippen LogP contribution in [0.15, 0.2) is 48.5 Å². The van der Waals surface area contributed by atoms with Crippen LogP contribution in [0.3, 0.4) is 0 Å². The van der Waals surface area contributed by atoms with E-state index < -0.39 is 34.2 Å². The monoisotopic (exact) mass is 597 g/mol. The lowest BCUT2D eigenvalue weighted by Crippen LogP contribution is -2.56. The molecule has 0 N–H and O–H groups in total. The van der Waals surface area contributed by atoms with E-state index in [0.717, 1.165) is 11.1 Å². The first-order valence-electron chi connectivity index (χ1n) is 13.1. The Morgan fingerprint density at radius 2 is 1.74 bits per heavy atom. The summed E-state index contributed by atoms with van der Waals surface area (Å²) in [5.41, 5.74) is 1.68. The standard InChI is InChI=1S/C30H41Cl2NO5S/c1-8-24(18-37-19-39(6,7)30(2,3)4)33-27(20-12-14-22(31)15-13-20)28(21-10-9-11-23(32)16-21)38-25(29(33)35)17-26(34)36-5/h9-16,24-25,27-28H,8,17-19H2,1-7H3/t24?,25?,27-,28?/m1/s1. The Kier molecular flexibility index (Phi) is 10.8. The highest BCUT2D eigenvalue weighted by atomic mass is 35.5. The van der Waals surface area contributed by atoms with Crippen molar-refractivity contribution in [2.75, 3.05) is 32.2 Å². The van der Waals surface area contributed by atoms with Gasteiger partial charge in [0.2, 0.25) is 0 Å². The molecule has 3 rings (SSSR count). The van der Waals surface area contributed by atoms with Crippen LogP contribution < -0.4 is 0 Å². The summed E-state index contributed by atoms with van der Waals surface area (Å²) in [7, 11) is 0.260. The van der Waals surface area contributed by atoms with Crippen LogP contribution in [0.4, 0.5) is 0 Å². The highest BCUT2D eigenvalue weighted by molar-refractivity contribution is 8.33. The molecule has 6 nitrogen and oxygen atoms in total. The molecule has 1 saturated heterocycles. The molecule has 0 aromatic heterocycles. The Labute approximate surface area is 244 Å². The number of hydrogen-bond acceptors (Lipinski definition) is 5. The maximum absolute atomic E-state index is 14.1. The molecule has 216 valence electrons. The van der Waals surface area contributed by atoms with Crippen molar-refractivity contribution >= 4 is 45.1 Å². The second-order valence-electron chi connectivity index (χ2n) is 11.3. The Bertz CT molecular complexity index is 1130. The fourth-order valence-electron chi connectivity index (χ4n) is 4.44. The van der Waals surface area contributed by atoms with Crippen LogP contribution in [-0.2, 0) is 23.8 Å². The van der Waals surface area contributed by atoms with Crippen molar-refractivity contribution in [2.45, 2.75) is 69.6 Å². The summed E-state index contributed by atoms with van der Waals surface area (Å²) in [6.07, 6.45) is 3.43. The van der Waals surface area contributed by atoms with Gasteiger partial charge in [-0.15, -0.1) is 0 Å². The van der Waals surface area contributed by atoms with E-state index in [-0.39, 0.29) is 23.1 Å². The van der Waals surface area contributed by atoms with Crippen LogP contribution in [0.5, 0.6) is 0 Å². The minimum Gasteiger partial charge on any atom is -0.469 e. The molecule has 0 radical (unpaired) electrons. The van der Waals surface area contributed by atoms with Gasteiger partial charge in [0.25, 0.3) is 5.91 Å². The molecular formula is C30H41Cl2NO5S. The number of carbonyl (C=O) groups excluding carboxylic acids is 2. The van der Waals surface area contributed by atoms with Gasteiger partial charge in [-0.2, -0.15) is 0 Å². The van der Waals surface area contributed by atoms with Crippen molar-refractivity contribution in [1.82, 2.24) is 4.90 Å². The maximum Gasteiger partial charge on any atom is 0.308 e. The Hall–Kier alpha value is -1.77. The third kappa shape index (κ3) is 7.70. The smallest absolute Gasteiger partial charge is 0.308 e. The van der Waals surface area contributed by atoms with E-state index >= 15 is 0 Å². The molecule has 1 heterocycles. The Morgan fingerprint density at radius 3 is 2.31 bits per heavy atom. The van der Waals surface area contributed by atoms with Crippen LogP contribution in [0.25, 0.3) is 0 Å². The first-order valence-corrected chi connectivity index (χ1v) is 16.5. The van der Waals surface area contributed by atoms with Gasteiger partial charge >= 0.3 is 5.97 Å². The number of halogens is 2. The van der Waals surface area contributed by atoms with Gasteiger partial charge in [0, 0.05) is 10.0 Å². The van der Waals surface area contributed by atoms with Gasteiger partial charge in [-0.1, -0.05) is 75.2 Å². The van der Waals surface area contributed by atoms with Crippen LogP contribution in [-0.4, -0.2) is 65.8 Å². The minimum atomic E-state index is -1.05. The molecule has 2 aromatic rings. The second-order valence-corrected chi connectivity index (χ2v) is 16.7. The van der Waals surface area contributed by atoms with Gasteiger partial charge in [-0.05, 0) is 59.1 Å².